The number of carbonyl (C=O) groups is 1. The molecule has 0 heterocycles. The van der Waals surface area contributed by atoms with E-state index in [0.29, 0.717) is 5.75 Å². The Kier molecular flexibility index (Phi) is 7.19. The highest BCUT2D eigenvalue weighted by molar-refractivity contribution is 5.91. The highest BCUT2D eigenvalue weighted by Crippen LogP contribution is 2.20. The van der Waals surface area contributed by atoms with Crippen molar-refractivity contribution >= 4 is 5.97 Å². The number of hydrogen-bond acceptors (Lipinski definition) is 4. The molecule has 118 valence electrons. The standard InChI is InChI=1S/C16H26N2O3/c1-5-8-18(10-9-17(2)3)12-13-6-7-15(21-4)14(11-13)16(19)20/h6-7,11H,5,8-10,12H2,1-4H3,(H,19,20). The number of carboxylic acids is 1. The van der Waals surface area contributed by atoms with Crippen molar-refractivity contribution < 1.29 is 14.6 Å². The first kappa shape index (κ1) is 17.5. The molecule has 0 radical (unpaired) electrons. The molecule has 0 saturated heterocycles. The maximum absolute atomic E-state index is 11.3. The molecule has 0 aromatic heterocycles. The minimum Gasteiger partial charge on any atom is -0.496 e. The Morgan fingerprint density at radius 3 is 2.48 bits per heavy atom. The summed E-state index contributed by atoms with van der Waals surface area (Å²) in [5.74, 6) is -0.550. The molecule has 1 aromatic rings. The average molecular weight is 294 g/mol. The summed E-state index contributed by atoms with van der Waals surface area (Å²) in [6.07, 6.45) is 1.08. The number of hydrogen-bond donors (Lipinski definition) is 1. The molecule has 0 spiro atoms. The summed E-state index contributed by atoms with van der Waals surface area (Å²) in [7, 11) is 5.60. The van der Waals surface area contributed by atoms with E-state index >= 15 is 0 Å². The van der Waals surface area contributed by atoms with Crippen LogP contribution in [-0.2, 0) is 6.54 Å². The van der Waals surface area contributed by atoms with Gasteiger partial charge in [-0.1, -0.05) is 13.0 Å². The van der Waals surface area contributed by atoms with Crippen molar-refractivity contribution in [1.29, 1.82) is 0 Å². The Bertz CT molecular complexity index is 461. The molecule has 1 N–H and O–H groups in total. The van der Waals surface area contributed by atoms with E-state index in [1.54, 1.807) is 12.1 Å². The van der Waals surface area contributed by atoms with E-state index in [1.807, 2.05) is 6.07 Å². The fourth-order valence-electron chi connectivity index (χ4n) is 2.21. The van der Waals surface area contributed by atoms with Gasteiger partial charge in [0.1, 0.15) is 11.3 Å². The van der Waals surface area contributed by atoms with Gasteiger partial charge in [-0.15, -0.1) is 0 Å². The normalized spacial score (nSPS) is 11.1. The smallest absolute Gasteiger partial charge is 0.339 e. The van der Waals surface area contributed by atoms with Gasteiger partial charge in [-0.2, -0.15) is 0 Å². The SMILES string of the molecule is CCCN(CCN(C)C)Cc1ccc(OC)c(C(=O)O)c1. The molecule has 0 aliphatic carbocycles. The van der Waals surface area contributed by atoms with Crippen LogP contribution in [0.4, 0.5) is 0 Å². The van der Waals surface area contributed by atoms with Gasteiger partial charge in [0.05, 0.1) is 7.11 Å². The molecule has 0 unspecified atom stereocenters. The number of nitrogens with zero attached hydrogens (tertiary/aromatic N) is 2. The number of ether oxygens (including phenoxy) is 1. The second kappa shape index (κ2) is 8.64. The fraction of sp³-hybridized carbons (Fsp3) is 0.562. The minimum absolute atomic E-state index is 0.221. The second-order valence-electron chi connectivity index (χ2n) is 5.42. The van der Waals surface area contributed by atoms with Gasteiger partial charge in [0.2, 0.25) is 0 Å². The van der Waals surface area contributed by atoms with Crippen LogP contribution >= 0.6 is 0 Å². The summed E-state index contributed by atoms with van der Waals surface area (Å²) in [5, 5.41) is 9.23. The summed E-state index contributed by atoms with van der Waals surface area (Å²) in [5.41, 5.74) is 1.22. The lowest BCUT2D eigenvalue weighted by molar-refractivity contribution is 0.0693. The molecule has 21 heavy (non-hydrogen) atoms. The summed E-state index contributed by atoms with van der Waals surface area (Å²) in [4.78, 5) is 15.8. The molecule has 0 bridgehead atoms. The van der Waals surface area contributed by atoms with Gasteiger partial charge in [-0.05, 0) is 44.8 Å². The van der Waals surface area contributed by atoms with Gasteiger partial charge in [0, 0.05) is 19.6 Å². The van der Waals surface area contributed by atoms with E-state index in [4.69, 9.17) is 4.74 Å². The minimum atomic E-state index is -0.955. The molecule has 0 fully saturated rings. The van der Waals surface area contributed by atoms with Crippen LogP contribution in [0.3, 0.4) is 0 Å². The lowest BCUT2D eigenvalue weighted by atomic mass is 10.1. The van der Waals surface area contributed by atoms with Crippen LogP contribution in [0.1, 0.15) is 29.3 Å². The number of rotatable bonds is 9. The van der Waals surface area contributed by atoms with Crippen LogP contribution < -0.4 is 4.74 Å². The van der Waals surface area contributed by atoms with Gasteiger partial charge in [0.15, 0.2) is 0 Å². The van der Waals surface area contributed by atoms with E-state index < -0.39 is 5.97 Å². The maximum atomic E-state index is 11.3. The lowest BCUT2D eigenvalue weighted by Crippen LogP contribution is -2.32. The Morgan fingerprint density at radius 1 is 1.24 bits per heavy atom. The van der Waals surface area contributed by atoms with Crippen LogP contribution in [-0.4, -0.2) is 61.7 Å². The van der Waals surface area contributed by atoms with Crippen molar-refractivity contribution in [3.8, 4) is 5.75 Å². The van der Waals surface area contributed by atoms with Crippen molar-refractivity contribution in [2.45, 2.75) is 19.9 Å². The molecular weight excluding hydrogens is 268 g/mol. The van der Waals surface area contributed by atoms with E-state index in [1.165, 1.54) is 7.11 Å². The van der Waals surface area contributed by atoms with Crippen molar-refractivity contribution in [1.82, 2.24) is 9.80 Å². The van der Waals surface area contributed by atoms with Gasteiger partial charge in [-0.3, -0.25) is 4.90 Å². The van der Waals surface area contributed by atoms with Crippen LogP contribution in [0, 0.1) is 0 Å². The largest absolute Gasteiger partial charge is 0.496 e. The van der Waals surface area contributed by atoms with Gasteiger partial charge in [-0.25, -0.2) is 4.79 Å². The summed E-state index contributed by atoms with van der Waals surface area (Å²) in [6, 6.07) is 5.37. The van der Waals surface area contributed by atoms with Gasteiger partial charge < -0.3 is 14.7 Å². The topological polar surface area (TPSA) is 53.0 Å². The fourth-order valence-corrected chi connectivity index (χ4v) is 2.21. The molecule has 1 aromatic carbocycles. The Balaban J connectivity index is 2.83. The Morgan fingerprint density at radius 2 is 1.95 bits per heavy atom. The lowest BCUT2D eigenvalue weighted by Gasteiger charge is -2.24. The zero-order valence-corrected chi connectivity index (χ0v) is 13.4. The van der Waals surface area contributed by atoms with E-state index in [2.05, 4.69) is 30.8 Å². The molecule has 0 amide bonds. The highest BCUT2D eigenvalue weighted by Gasteiger charge is 2.13. The molecule has 0 atom stereocenters. The monoisotopic (exact) mass is 294 g/mol. The molecule has 1 rings (SSSR count). The van der Waals surface area contributed by atoms with Crippen LogP contribution in [0.25, 0.3) is 0 Å². The second-order valence-corrected chi connectivity index (χ2v) is 5.42. The first-order valence-corrected chi connectivity index (χ1v) is 7.25. The Hall–Kier alpha value is -1.59. The summed E-state index contributed by atoms with van der Waals surface area (Å²) < 4.78 is 5.09. The number of methoxy groups -OCH3 is 1. The third kappa shape index (κ3) is 5.73. The highest BCUT2D eigenvalue weighted by atomic mass is 16.5. The van der Waals surface area contributed by atoms with Crippen molar-refractivity contribution in [3.63, 3.8) is 0 Å². The summed E-state index contributed by atoms with van der Waals surface area (Å²) >= 11 is 0. The number of benzene rings is 1. The first-order chi connectivity index (χ1) is 9.97. The number of likely N-dealkylation sites (N-methyl/N-ethyl adjacent to an activating group) is 1. The van der Waals surface area contributed by atoms with Gasteiger partial charge in [0.25, 0.3) is 0 Å². The predicted molar refractivity (Wildman–Crippen MR) is 84.1 cm³/mol. The van der Waals surface area contributed by atoms with Crippen molar-refractivity contribution in [3.05, 3.63) is 29.3 Å². The number of aromatic carboxylic acids is 1. The average Bonchev–Trinajstić information content (AvgIpc) is 2.44. The van der Waals surface area contributed by atoms with Crippen LogP contribution in [0.5, 0.6) is 5.75 Å². The first-order valence-electron chi connectivity index (χ1n) is 7.25. The summed E-state index contributed by atoms with van der Waals surface area (Å²) in [6.45, 7) is 5.87. The Labute approximate surface area is 127 Å². The maximum Gasteiger partial charge on any atom is 0.339 e. The van der Waals surface area contributed by atoms with E-state index in [9.17, 15) is 9.90 Å². The molecular formula is C16H26N2O3. The quantitative estimate of drug-likeness (QED) is 0.756. The molecule has 0 aliphatic rings. The molecule has 5 nitrogen and oxygen atoms in total. The van der Waals surface area contributed by atoms with Crippen LogP contribution in [0.2, 0.25) is 0 Å². The van der Waals surface area contributed by atoms with E-state index in [-0.39, 0.29) is 5.56 Å². The zero-order chi connectivity index (χ0) is 15.8. The predicted octanol–water partition coefficient (Wildman–Crippen LogP) is 2.17. The molecule has 5 heteroatoms. The third-order valence-electron chi connectivity index (χ3n) is 3.30. The van der Waals surface area contributed by atoms with Crippen molar-refractivity contribution in [2.24, 2.45) is 0 Å². The molecule has 0 saturated carbocycles. The van der Waals surface area contributed by atoms with E-state index in [0.717, 1.165) is 38.2 Å². The van der Waals surface area contributed by atoms with Gasteiger partial charge >= 0.3 is 5.97 Å². The number of carboxylic acid groups (broad SMARTS) is 1. The van der Waals surface area contributed by atoms with Crippen LogP contribution in [0.15, 0.2) is 18.2 Å². The molecule has 0 aliphatic heterocycles. The van der Waals surface area contributed by atoms with Crippen molar-refractivity contribution in [2.75, 3.05) is 40.8 Å². The third-order valence-corrected chi connectivity index (χ3v) is 3.30. The zero-order valence-electron chi connectivity index (χ0n) is 13.4.